The van der Waals surface area contributed by atoms with Crippen molar-refractivity contribution in [3.05, 3.63) is 237 Å². The number of furan rings is 1. The van der Waals surface area contributed by atoms with E-state index in [9.17, 15) is 0 Å². The average Bonchev–Trinajstić information content (AvgIpc) is 4.05. The molecule has 5 heteroatoms. The average molecular weight is 847 g/mol. The van der Waals surface area contributed by atoms with Gasteiger partial charge in [0.25, 0.3) is 0 Å². The standard InChI is InChI=1S/C50H30N4O.C11H12/c1-2-12-36-31(10-1)11-9-18-42(36)54-44-17-7-4-14-38(44)41-29-34(23-27-46(41)54)33-22-26-45-40(28-33)37-13-3-6-16-43(37)53(45)35-24-20-32(21-25-35)48-50-49(52-30-51-48)39-15-5-8-19-47(39)55-50;1-3-10(4-2)11-8-6-5-7-9-11/h1-30H;3-9H,1H2,2H3/b;10-4+. The SMILES string of the molecule is C=C/C(=C\C)c1ccccc1.c1ccc2c(-n3c4ccccc4c4cc(-c5ccc6c(c5)c5ccccc5n6-c5ccc(-c6ncnc7c6oc6ccccc67)cc5)ccc43)cccc2c1. The van der Waals surface area contributed by atoms with Crippen molar-refractivity contribution in [3.8, 4) is 33.8 Å². The molecule has 4 heterocycles. The van der Waals surface area contributed by atoms with E-state index in [1.807, 2.05) is 55.5 Å². The smallest absolute Gasteiger partial charge is 0.180 e. The molecule has 0 saturated heterocycles. The van der Waals surface area contributed by atoms with Gasteiger partial charge in [-0.2, -0.15) is 0 Å². The third kappa shape index (κ3) is 6.40. The number of rotatable bonds is 6. The van der Waals surface area contributed by atoms with Crippen LogP contribution in [0.1, 0.15) is 12.5 Å². The van der Waals surface area contributed by atoms with Gasteiger partial charge in [-0.15, -0.1) is 0 Å². The van der Waals surface area contributed by atoms with Crippen LogP contribution in [0.25, 0.3) is 116 Å². The van der Waals surface area contributed by atoms with Crippen molar-refractivity contribution in [2.24, 2.45) is 0 Å². The molecule has 0 fully saturated rings. The lowest BCUT2D eigenvalue weighted by Crippen LogP contribution is -1.95. The van der Waals surface area contributed by atoms with E-state index in [2.05, 4.69) is 196 Å². The van der Waals surface area contributed by atoms with Gasteiger partial charge >= 0.3 is 0 Å². The van der Waals surface area contributed by atoms with Crippen LogP contribution in [0.15, 0.2) is 236 Å². The molecular formula is C61H42N4O. The van der Waals surface area contributed by atoms with Gasteiger partial charge in [0.15, 0.2) is 5.58 Å². The number of fused-ring (bicyclic) bond motifs is 10. The Hall–Kier alpha value is -8.80. The lowest BCUT2D eigenvalue weighted by Gasteiger charge is -2.12. The van der Waals surface area contributed by atoms with Gasteiger partial charge in [0.05, 0.1) is 27.8 Å². The molecule has 0 saturated carbocycles. The minimum atomic E-state index is 0.706. The fourth-order valence-electron chi connectivity index (χ4n) is 9.78. The molecule has 0 unspecified atom stereocenters. The lowest BCUT2D eigenvalue weighted by molar-refractivity contribution is 0.667. The van der Waals surface area contributed by atoms with Gasteiger partial charge < -0.3 is 13.6 Å². The van der Waals surface area contributed by atoms with Crippen LogP contribution in [0, 0.1) is 0 Å². The minimum absolute atomic E-state index is 0.706. The first-order chi connectivity index (χ1) is 32.7. The lowest BCUT2D eigenvalue weighted by atomic mass is 10.0. The van der Waals surface area contributed by atoms with Crippen molar-refractivity contribution in [1.82, 2.24) is 19.1 Å². The summed E-state index contributed by atoms with van der Waals surface area (Å²) < 4.78 is 11.0. The Bertz CT molecular complexity index is 4010. The fraction of sp³-hybridized carbons (Fsp3) is 0.0164. The first-order valence-electron chi connectivity index (χ1n) is 22.3. The summed E-state index contributed by atoms with van der Waals surface area (Å²) in [5.41, 5.74) is 15.9. The van der Waals surface area contributed by atoms with Gasteiger partial charge in [-0.05, 0) is 101 Å². The molecule has 0 aliphatic heterocycles. The molecule has 312 valence electrons. The molecule has 0 aliphatic rings. The molecule has 0 bridgehead atoms. The molecule has 0 spiro atoms. The highest BCUT2D eigenvalue weighted by Crippen LogP contribution is 2.40. The van der Waals surface area contributed by atoms with Gasteiger partial charge in [-0.1, -0.05) is 158 Å². The number of hydrogen-bond donors (Lipinski definition) is 0. The number of para-hydroxylation sites is 3. The van der Waals surface area contributed by atoms with Crippen molar-refractivity contribution in [1.29, 1.82) is 0 Å². The van der Waals surface area contributed by atoms with E-state index in [4.69, 9.17) is 4.42 Å². The monoisotopic (exact) mass is 846 g/mol. The first kappa shape index (κ1) is 38.8. The Morgan fingerprint density at radius 2 is 1.05 bits per heavy atom. The summed E-state index contributed by atoms with van der Waals surface area (Å²) in [4.78, 5) is 9.21. The van der Waals surface area contributed by atoms with Crippen LogP contribution in [0.3, 0.4) is 0 Å². The molecule has 4 aromatic heterocycles. The van der Waals surface area contributed by atoms with Crippen LogP contribution >= 0.6 is 0 Å². The predicted molar refractivity (Wildman–Crippen MR) is 277 cm³/mol. The number of aromatic nitrogens is 4. The van der Waals surface area contributed by atoms with Crippen molar-refractivity contribution in [2.75, 3.05) is 0 Å². The van der Waals surface area contributed by atoms with Crippen LogP contribution in [-0.2, 0) is 0 Å². The van der Waals surface area contributed by atoms with Crippen LogP contribution < -0.4 is 0 Å². The summed E-state index contributed by atoms with van der Waals surface area (Å²) in [5, 5.41) is 8.40. The van der Waals surface area contributed by atoms with Crippen molar-refractivity contribution in [3.63, 3.8) is 0 Å². The Morgan fingerprint density at radius 3 is 1.74 bits per heavy atom. The maximum Gasteiger partial charge on any atom is 0.180 e. The molecule has 13 rings (SSSR count). The maximum atomic E-state index is 6.25. The van der Waals surface area contributed by atoms with E-state index >= 15 is 0 Å². The van der Waals surface area contributed by atoms with E-state index in [0.29, 0.717) is 5.58 Å². The van der Waals surface area contributed by atoms with E-state index in [0.717, 1.165) is 44.5 Å². The van der Waals surface area contributed by atoms with Crippen LogP contribution in [0.5, 0.6) is 0 Å². The molecule has 66 heavy (non-hydrogen) atoms. The van der Waals surface area contributed by atoms with Gasteiger partial charge in [-0.3, -0.25) is 0 Å². The number of allylic oxidation sites excluding steroid dienone is 3. The summed E-state index contributed by atoms with van der Waals surface area (Å²) in [6.45, 7) is 5.76. The van der Waals surface area contributed by atoms with E-state index < -0.39 is 0 Å². The maximum absolute atomic E-state index is 6.25. The highest BCUT2D eigenvalue weighted by atomic mass is 16.3. The van der Waals surface area contributed by atoms with Gasteiger partial charge in [0, 0.05) is 43.6 Å². The number of nitrogens with zero attached hydrogens (tertiary/aromatic N) is 4. The summed E-state index contributed by atoms with van der Waals surface area (Å²) in [6, 6.07) is 73.3. The first-order valence-corrected chi connectivity index (χ1v) is 22.3. The fourth-order valence-corrected chi connectivity index (χ4v) is 9.78. The molecule has 5 nitrogen and oxygen atoms in total. The molecule has 0 amide bonds. The van der Waals surface area contributed by atoms with Crippen LogP contribution in [0.2, 0.25) is 0 Å². The van der Waals surface area contributed by atoms with Crippen LogP contribution in [0.4, 0.5) is 0 Å². The quantitative estimate of drug-likeness (QED) is 0.157. The summed E-state index contributed by atoms with van der Waals surface area (Å²) >= 11 is 0. The number of hydrogen-bond acceptors (Lipinski definition) is 3. The van der Waals surface area contributed by atoms with Gasteiger partial charge in [-0.25, -0.2) is 9.97 Å². The van der Waals surface area contributed by atoms with E-state index in [1.54, 1.807) is 6.33 Å². The van der Waals surface area contributed by atoms with Gasteiger partial charge in [0.1, 0.15) is 23.1 Å². The zero-order chi connectivity index (χ0) is 44.1. The number of benzene rings is 9. The zero-order valence-electron chi connectivity index (χ0n) is 36.3. The summed E-state index contributed by atoms with van der Waals surface area (Å²) in [5.74, 6) is 0. The minimum Gasteiger partial charge on any atom is -0.452 e. The second kappa shape index (κ2) is 16.1. The Kier molecular flexibility index (Phi) is 9.46. The molecule has 9 aromatic carbocycles. The third-order valence-corrected chi connectivity index (χ3v) is 12.9. The topological polar surface area (TPSA) is 48.8 Å². The summed E-state index contributed by atoms with van der Waals surface area (Å²) in [6.07, 6.45) is 5.55. The molecule has 0 radical (unpaired) electrons. The Labute approximate surface area is 381 Å². The van der Waals surface area contributed by atoms with E-state index in [1.165, 1.54) is 71.3 Å². The second-order valence-electron chi connectivity index (χ2n) is 16.5. The van der Waals surface area contributed by atoms with Crippen LogP contribution in [-0.4, -0.2) is 19.1 Å². The molecule has 0 N–H and O–H groups in total. The summed E-state index contributed by atoms with van der Waals surface area (Å²) in [7, 11) is 0. The largest absolute Gasteiger partial charge is 0.452 e. The molecule has 0 atom stereocenters. The normalized spacial score (nSPS) is 11.9. The van der Waals surface area contributed by atoms with E-state index in [-0.39, 0.29) is 0 Å². The highest BCUT2D eigenvalue weighted by Gasteiger charge is 2.18. The highest BCUT2D eigenvalue weighted by molar-refractivity contribution is 6.13. The van der Waals surface area contributed by atoms with Crippen molar-refractivity contribution in [2.45, 2.75) is 6.92 Å². The molecule has 0 aliphatic carbocycles. The Morgan fingerprint density at radius 1 is 0.485 bits per heavy atom. The second-order valence-corrected chi connectivity index (χ2v) is 16.5. The zero-order valence-corrected chi connectivity index (χ0v) is 36.3. The van der Waals surface area contributed by atoms with Crippen molar-refractivity contribution >= 4 is 82.0 Å². The molecular weight excluding hydrogens is 805 g/mol. The van der Waals surface area contributed by atoms with Crippen molar-refractivity contribution < 1.29 is 4.42 Å². The van der Waals surface area contributed by atoms with Gasteiger partial charge in [0.2, 0.25) is 0 Å². The predicted octanol–water partition coefficient (Wildman–Crippen LogP) is 16.3. The third-order valence-electron chi connectivity index (χ3n) is 12.9. The Balaban J connectivity index is 0.000000367. The molecule has 13 aromatic rings.